The summed E-state index contributed by atoms with van der Waals surface area (Å²) in [7, 11) is 1.71. The van der Waals surface area contributed by atoms with Crippen LogP contribution in [0.3, 0.4) is 0 Å². The van der Waals surface area contributed by atoms with Gasteiger partial charge in [0.25, 0.3) is 5.91 Å². The minimum absolute atomic E-state index is 0.0985. The lowest BCUT2D eigenvalue weighted by molar-refractivity contribution is 0.0900. The number of fused-ring (bicyclic) bond motifs is 1. The molecule has 0 unspecified atom stereocenters. The normalized spacial score (nSPS) is 25.2. The van der Waals surface area contributed by atoms with Crippen LogP contribution in [0, 0.1) is 11.8 Å². The van der Waals surface area contributed by atoms with Crippen LogP contribution in [0.4, 0.5) is 0 Å². The SMILES string of the molecule is COc1ccccc1CN1C[C@H]2[C@H](CNC(=O)c3cscn3)CO[C@H]2C1. The van der Waals surface area contributed by atoms with Crippen LogP contribution in [0.1, 0.15) is 16.1 Å². The summed E-state index contributed by atoms with van der Waals surface area (Å²) in [5, 5.41) is 4.78. The fourth-order valence-electron chi connectivity index (χ4n) is 3.93. The van der Waals surface area contributed by atoms with Crippen molar-refractivity contribution in [2.45, 2.75) is 12.6 Å². The number of aromatic nitrogens is 1. The number of thiazole rings is 1. The summed E-state index contributed by atoms with van der Waals surface area (Å²) in [5.74, 6) is 1.64. The van der Waals surface area contributed by atoms with Crippen molar-refractivity contribution in [1.82, 2.24) is 15.2 Å². The minimum atomic E-state index is -0.0985. The molecule has 0 aliphatic carbocycles. The molecular weight excluding hydrogens is 350 g/mol. The van der Waals surface area contributed by atoms with Crippen LogP contribution in [-0.4, -0.2) is 55.2 Å². The number of nitrogens with one attached hydrogen (secondary N) is 1. The standard InChI is InChI=1S/C19H23N3O3S/c1-24-17-5-3-2-4-13(17)7-22-8-15-14(10-25-18(15)9-22)6-20-19(23)16-11-26-12-21-16/h2-5,11-12,14-15,18H,6-10H2,1H3,(H,20,23)/t14-,15+,18+/m1/s1. The molecule has 0 radical (unpaired) electrons. The van der Waals surface area contributed by atoms with E-state index in [2.05, 4.69) is 21.3 Å². The smallest absolute Gasteiger partial charge is 0.270 e. The van der Waals surface area contributed by atoms with Gasteiger partial charge in [-0.1, -0.05) is 18.2 Å². The van der Waals surface area contributed by atoms with Gasteiger partial charge < -0.3 is 14.8 Å². The first-order valence-corrected chi connectivity index (χ1v) is 9.81. The maximum absolute atomic E-state index is 12.1. The highest BCUT2D eigenvalue weighted by Crippen LogP contribution is 2.34. The second-order valence-electron chi connectivity index (χ2n) is 6.89. The molecule has 2 aliphatic heterocycles. The lowest BCUT2D eigenvalue weighted by atomic mass is 9.93. The van der Waals surface area contributed by atoms with E-state index in [0.29, 0.717) is 24.1 Å². The summed E-state index contributed by atoms with van der Waals surface area (Å²) in [6, 6.07) is 8.15. The molecule has 1 aromatic heterocycles. The number of ether oxygens (including phenoxy) is 2. The molecule has 26 heavy (non-hydrogen) atoms. The molecule has 0 bridgehead atoms. The van der Waals surface area contributed by atoms with E-state index in [1.165, 1.54) is 16.9 Å². The molecule has 3 atom stereocenters. The number of nitrogens with zero attached hydrogens (tertiary/aromatic N) is 2. The number of amides is 1. The Morgan fingerprint density at radius 2 is 2.31 bits per heavy atom. The number of methoxy groups -OCH3 is 1. The van der Waals surface area contributed by atoms with Crippen molar-refractivity contribution in [3.05, 3.63) is 46.4 Å². The van der Waals surface area contributed by atoms with Gasteiger partial charge in [-0.3, -0.25) is 9.69 Å². The number of benzene rings is 1. The Morgan fingerprint density at radius 3 is 3.12 bits per heavy atom. The molecular formula is C19H23N3O3S. The highest BCUT2D eigenvalue weighted by atomic mass is 32.1. The van der Waals surface area contributed by atoms with Gasteiger partial charge >= 0.3 is 0 Å². The van der Waals surface area contributed by atoms with Crippen LogP contribution in [0.25, 0.3) is 0 Å². The summed E-state index contributed by atoms with van der Waals surface area (Å²) < 4.78 is 11.5. The summed E-state index contributed by atoms with van der Waals surface area (Å²) in [5.41, 5.74) is 3.37. The quantitative estimate of drug-likeness (QED) is 0.839. The molecule has 4 rings (SSSR count). The maximum Gasteiger partial charge on any atom is 0.270 e. The van der Waals surface area contributed by atoms with Crippen LogP contribution in [0.2, 0.25) is 0 Å². The number of carbonyl (C=O) groups excluding carboxylic acids is 1. The van der Waals surface area contributed by atoms with E-state index in [4.69, 9.17) is 9.47 Å². The molecule has 7 heteroatoms. The van der Waals surface area contributed by atoms with E-state index < -0.39 is 0 Å². The van der Waals surface area contributed by atoms with Gasteiger partial charge in [-0.2, -0.15) is 0 Å². The third-order valence-electron chi connectivity index (χ3n) is 5.29. The Labute approximate surface area is 157 Å². The fourth-order valence-corrected chi connectivity index (χ4v) is 4.46. The van der Waals surface area contributed by atoms with E-state index in [1.807, 2.05) is 18.2 Å². The molecule has 3 heterocycles. The van der Waals surface area contributed by atoms with Crippen LogP contribution in [0.15, 0.2) is 35.2 Å². The first-order chi connectivity index (χ1) is 12.7. The second kappa shape index (κ2) is 7.73. The van der Waals surface area contributed by atoms with E-state index in [-0.39, 0.29) is 12.0 Å². The molecule has 1 aromatic carbocycles. The van der Waals surface area contributed by atoms with Crippen LogP contribution >= 0.6 is 11.3 Å². The number of carbonyl (C=O) groups is 1. The summed E-state index contributed by atoms with van der Waals surface area (Å²) >= 11 is 1.43. The number of rotatable bonds is 6. The topological polar surface area (TPSA) is 63.7 Å². The zero-order valence-corrected chi connectivity index (χ0v) is 15.6. The molecule has 6 nitrogen and oxygen atoms in total. The molecule has 2 aromatic rings. The lowest BCUT2D eigenvalue weighted by Gasteiger charge is -2.20. The number of hydrogen-bond donors (Lipinski definition) is 1. The van der Waals surface area contributed by atoms with Gasteiger partial charge in [0, 0.05) is 49.0 Å². The highest BCUT2D eigenvalue weighted by Gasteiger charge is 2.43. The van der Waals surface area contributed by atoms with Crippen LogP contribution < -0.4 is 10.1 Å². The fraction of sp³-hybridized carbons (Fsp3) is 0.474. The van der Waals surface area contributed by atoms with Crippen molar-refractivity contribution in [1.29, 1.82) is 0 Å². The third kappa shape index (κ3) is 3.60. The Kier molecular flexibility index (Phi) is 5.19. The molecule has 1 N–H and O–H groups in total. The van der Waals surface area contributed by atoms with Crippen molar-refractivity contribution in [3.8, 4) is 5.75 Å². The predicted molar refractivity (Wildman–Crippen MR) is 99.4 cm³/mol. The van der Waals surface area contributed by atoms with Gasteiger partial charge in [-0.25, -0.2) is 4.98 Å². The Balaban J connectivity index is 1.33. The number of para-hydroxylation sites is 1. The second-order valence-corrected chi connectivity index (χ2v) is 7.60. The van der Waals surface area contributed by atoms with E-state index in [0.717, 1.165) is 32.0 Å². The summed E-state index contributed by atoms with van der Waals surface area (Å²) in [6.07, 6.45) is 0.255. The van der Waals surface area contributed by atoms with Gasteiger partial charge in [-0.15, -0.1) is 11.3 Å². The first-order valence-electron chi connectivity index (χ1n) is 8.87. The van der Waals surface area contributed by atoms with Crippen LogP contribution in [-0.2, 0) is 11.3 Å². The van der Waals surface area contributed by atoms with Gasteiger partial charge in [-0.05, 0) is 6.07 Å². The van der Waals surface area contributed by atoms with Gasteiger partial charge in [0.15, 0.2) is 0 Å². The lowest BCUT2D eigenvalue weighted by Crippen LogP contribution is -2.34. The molecule has 2 aliphatic rings. The molecule has 0 spiro atoms. The molecule has 138 valence electrons. The predicted octanol–water partition coefficient (Wildman–Crippen LogP) is 2.03. The molecule has 0 saturated carbocycles. The average molecular weight is 373 g/mol. The van der Waals surface area contributed by atoms with Gasteiger partial charge in [0.2, 0.25) is 0 Å². The molecule has 2 fully saturated rings. The number of likely N-dealkylation sites (tertiary alicyclic amines) is 1. The Hall–Kier alpha value is -1.96. The Morgan fingerprint density at radius 1 is 1.42 bits per heavy atom. The zero-order valence-electron chi connectivity index (χ0n) is 14.8. The molecule has 2 saturated heterocycles. The summed E-state index contributed by atoms with van der Waals surface area (Å²) in [6.45, 7) is 4.13. The summed E-state index contributed by atoms with van der Waals surface area (Å²) in [4.78, 5) is 18.6. The average Bonchev–Trinajstić information content (AvgIpc) is 3.38. The highest BCUT2D eigenvalue weighted by molar-refractivity contribution is 7.07. The van der Waals surface area contributed by atoms with Gasteiger partial charge in [0.05, 0.1) is 25.3 Å². The zero-order chi connectivity index (χ0) is 17.9. The maximum atomic E-state index is 12.1. The third-order valence-corrected chi connectivity index (χ3v) is 5.88. The van der Waals surface area contributed by atoms with E-state index >= 15 is 0 Å². The van der Waals surface area contributed by atoms with Crippen molar-refractivity contribution in [2.24, 2.45) is 11.8 Å². The monoisotopic (exact) mass is 373 g/mol. The first kappa shape index (κ1) is 17.5. The van der Waals surface area contributed by atoms with E-state index in [9.17, 15) is 4.79 Å². The minimum Gasteiger partial charge on any atom is -0.496 e. The van der Waals surface area contributed by atoms with Crippen molar-refractivity contribution < 1.29 is 14.3 Å². The van der Waals surface area contributed by atoms with Gasteiger partial charge in [0.1, 0.15) is 11.4 Å². The molecule has 1 amide bonds. The van der Waals surface area contributed by atoms with Crippen molar-refractivity contribution in [2.75, 3.05) is 33.4 Å². The van der Waals surface area contributed by atoms with Crippen molar-refractivity contribution >= 4 is 17.2 Å². The van der Waals surface area contributed by atoms with Crippen LogP contribution in [0.5, 0.6) is 5.75 Å². The Bertz CT molecular complexity index is 752. The van der Waals surface area contributed by atoms with E-state index in [1.54, 1.807) is 18.0 Å². The largest absolute Gasteiger partial charge is 0.496 e. The van der Waals surface area contributed by atoms with Crippen molar-refractivity contribution in [3.63, 3.8) is 0 Å². The number of hydrogen-bond acceptors (Lipinski definition) is 6.